The van der Waals surface area contributed by atoms with Gasteiger partial charge in [-0.1, -0.05) is 25.1 Å². The number of esters is 1. The number of aryl methyl sites for hydroxylation is 1. The third-order valence-electron chi connectivity index (χ3n) is 2.79. The van der Waals surface area contributed by atoms with Gasteiger partial charge in [0.2, 0.25) is 0 Å². The molecule has 100 valence electrons. The van der Waals surface area contributed by atoms with E-state index in [1.807, 2.05) is 43.0 Å². The topological polar surface area (TPSA) is 38.8 Å². The highest BCUT2D eigenvalue weighted by atomic mass is 16.5. The van der Waals surface area contributed by atoms with E-state index in [0.29, 0.717) is 19.7 Å². The molecule has 0 bridgehead atoms. The first-order valence-electron chi connectivity index (χ1n) is 6.15. The molecular formula is C14H21NO3. The number of methoxy groups -OCH3 is 1. The molecule has 0 amide bonds. The molecule has 18 heavy (non-hydrogen) atoms. The van der Waals surface area contributed by atoms with Crippen molar-refractivity contribution in [2.24, 2.45) is 0 Å². The SMILES string of the molecule is CCN(CCOc1ccccc1C)CC(=O)OC. The van der Waals surface area contributed by atoms with Gasteiger partial charge in [-0.05, 0) is 25.1 Å². The van der Waals surface area contributed by atoms with Gasteiger partial charge in [0, 0.05) is 6.54 Å². The zero-order chi connectivity index (χ0) is 13.4. The molecule has 0 fully saturated rings. The fourth-order valence-corrected chi connectivity index (χ4v) is 1.60. The normalized spacial score (nSPS) is 10.4. The Balaban J connectivity index is 2.35. The van der Waals surface area contributed by atoms with Crippen LogP contribution in [0, 0.1) is 6.92 Å². The Morgan fingerprint density at radius 1 is 1.33 bits per heavy atom. The van der Waals surface area contributed by atoms with Crippen LogP contribution >= 0.6 is 0 Å². The Morgan fingerprint density at radius 2 is 2.06 bits per heavy atom. The number of likely N-dealkylation sites (N-methyl/N-ethyl adjacent to an activating group) is 1. The van der Waals surface area contributed by atoms with Crippen LogP contribution in [0.25, 0.3) is 0 Å². The maximum absolute atomic E-state index is 11.2. The van der Waals surface area contributed by atoms with E-state index in [9.17, 15) is 4.79 Å². The molecule has 1 aromatic rings. The molecule has 0 saturated heterocycles. The summed E-state index contributed by atoms with van der Waals surface area (Å²) in [6, 6.07) is 7.90. The molecule has 0 saturated carbocycles. The summed E-state index contributed by atoms with van der Waals surface area (Å²) in [5.74, 6) is 0.680. The number of hydrogen-bond donors (Lipinski definition) is 0. The predicted molar refractivity (Wildman–Crippen MR) is 70.8 cm³/mol. The first-order valence-corrected chi connectivity index (χ1v) is 6.15. The van der Waals surface area contributed by atoms with Crippen LogP contribution in [0.3, 0.4) is 0 Å². The number of ether oxygens (including phenoxy) is 2. The number of hydrogen-bond acceptors (Lipinski definition) is 4. The monoisotopic (exact) mass is 251 g/mol. The Hall–Kier alpha value is -1.55. The molecule has 4 heteroatoms. The molecule has 0 unspecified atom stereocenters. The van der Waals surface area contributed by atoms with E-state index in [2.05, 4.69) is 4.74 Å². The van der Waals surface area contributed by atoms with Gasteiger partial charge in [0.1, 0.15) is 12.4 Å². The van der Waals surface area contributed by atoms with Crippen molar-refractivity contribution in [2.75, 3.05) is 33.4 Å². The van der Waals surface area contributed by atoms with Crippen molar-refractivity contribution >= 4 is 5.97 Å². The highest BCUT2D eigenvalue weighted by Gasteiger charge is 2.09. The molecule has 1 aromatic carbocycles. The Labute approximate surface area is 108 Å². The third-order valence-corrected chi connectivity index (χ3v) is 2.79. The summed E-state index contributed by atoms with van der Waals surface area (Å²) in [7, 11) is 1.40. The number of carbonyl (C=O) groups excluding carboxylic acids is 1. The maximum atomic E-state index is 11.2. The molecule has 0 aromatic heterocycles. The zero-order valence-corrected chi connectivity index (χ0v) is 11.3. The number of nitrogens with zero attached hydrogens (tertiary/aromatic N) is 1. The molecular weight excluding hydrogens is 230 g/mol. The van der Waals surface area contributed by atoms with Gasteiger partial charge in [0.05, 0.1) is 13.7 Å². The van der Waals surface area contributed by atoms with Gasteiger partial charge in [0.25, 0.3) is 0 Å². The number of carbonyl (C=O) groups is 1. The van der Waals surface area contributed by atoms with Gasteiger partial charge >= 0.3 is 5.97 Å². The lowest BCUT2D eigenvalue weighted by atomic mass is 10.2. The third kappa shape index (κ3) is 4.75. The van der Waals surface area contributed by atoms with Crippen molar-refractivity contribution in [1.29, 1.82) is 0 Å². The van der Waals surface area contributed by atoms with Gasteiger partial charge in [-0.15, -0.1) is 0 Å². The van der Waals surface area contributed by atoms with Crippen molar-refractivity contribution in [3.8, 4) is 5.75 Å². The first-order chi connectivity index (χ1) is 8.67. The van der Waals surface area contributed by atoms with E-state index in [4.69, 9.17) is 4.74 Å². The van der Waals surface area contributed by atoms with E-state index < -0.39 is 0 Å². The zero-order valence-electron chi connectivity index (χ0n) is 11.3. The van der Waals surface area contributed by atoms with Gasteiger partial charge in [-0.3, -0.25) is 9.69 Å². The van der Waals surface area contributed by atoms with Crippen LogP contribution in [0.15, 0.2) is 24.3 Å². The van der Waals surface area contributed by atoms with Crippen molar-refractivity contribution < 1.29 is 14.3 Å². The van der Waals surface area contributed by atoms with E-state index in [0.717, 1.165) is 17.9 Å². The molecule has 0 aliphatic heterocycles. The van der Waals surface area contributed by atoms with E-state index in [1.54, 1.807) is 0 Å². The van der Waals surface area contributed by atoms with Crippen molar-refractivity contribution in [1.82, 2.24) is 4.90 Å². The summed E-state index contributed by atoms with van der Waals surface area (Å²) < 4.78 is 10.3. The van der Waals surface area contributed by atoms with E-state index in [-0.39, 0.29) is 5.97 Å². The number of para-hydroxylation sites is 1. The summed E-state index contributed by atoms with van der Waals surface area (Å²) in [6.45, 7) is 6.41. The second-order valence-electron chi connectivity index (χ2n) is 4.06. The Morgan fingerprint density at radius 3 is 2.67 bits per heavy atom. The largest absolute Gasteiger partial charge is 0.492 e. The lowest BCUT2D eigenvalue weighted by Gasteiger charge is -2.19. The fraction of sp³-hybridized carbons (Fsp3) is 0.500. The van der Waals surface area contributed by atoms with Gasteiger partial charge in [0.15, 0.2) is 0 Å². The van der Waals surface area contributed by atoms with Crippen LogP contribution in [-0.2, 0) is 9.53 Å². The fourth-order valence-electron chi connectivity index (χ4n) is 1.60. The van der Waals surface area contributed by atoms with Crippen molar-refractivity contribution in [3.05, 3.63) is 29.8 Å². The standard InChI is InChI=1S/C14H21NO3/c1-4-15(11-14(16)17-3)9-10-18-13-8-6-5-7-12(13)2/h5-8H,4,9-11H2,1-3H3. The van der Waals surface area contributed by atoms with Gasteiger partial charge in [-0.2, -0.15) is 0 Å². The smallest absolute Gasteiger partial charge is 0.319 e. The molecule has 0 spiro atoms. The summed E-state index contributed by atoms with van der Waals surface area (Å²) >= 11 is 0. The average molecular weight is 251 g/mol. The Kier molecular flexibility index (Phi) is 6.22. The van der Waals surface area contributed by atoms with Gasteiger partial charge in [-0.25, -0.2) is 0 Å². The molecule has 1 rings (SSSR count). The summed E-state index contributed by atoms with van der Waals surface area (Å²) in [4.78, 5) is 13.2. The molecule has 0 N–H and O–H groups in total. The van der Waals surface area contributed by atoms with Crippen LogP contribution in [-0.4, -0.2) is 44.2 Å². The number of rotatable bonds is 7. The molecule has 0 aliphatic carbocycles. The molecule has 0 aliphatic rings. The minimum absolute atomic E-state index is 0.215. The van der Waals surface area contributed by atoms with Crippen LogP contribution in [0.2, 0.25) is 0 Å². The first kappa shape index (κ1) is 14.5. The second kappa shape index (κ2) is 7.71. The molecule has 0 atom stereocenters. The highest BCUT2D eigenvalue weighted by Crippen LogP contribution is 2.15. The van der Waals surface area contributed by atoms with Crippen LogP contribution in [0.4, 0.5) is 0 Å². The van der Waals surface area contributed by atoms with Crippen LogP contribution < -0.4 is 4.74 Å². The quantitative estimate of drug-likeness (QED) is 0.693. The molecule has 0 heterocycles. The predicted octanol–water partition coefficient (Wildman–Crippen LogP) is 1.87. The highest BCUT2D eigenvalue weighted by molar-refractivity contribution is 5.71. The minimum atomic E-state index is -0.215. The van der Waals surface area contributed by atoms with E-state index in [1.165, 1.54) is 7.11 Å². The van der Waals surface area contributed by atoms with Crippen molar-refractivity contribution in [3.63, 3.8) is 0 Å². The molecule has 0 radical (unpaired) electrons. The second-order valence-corrected chi connectivity index (χ2v) is 4.06. The summed E-state index contributed by atoms with van der Waals surface area (Å²) in [6.07, 6.45) is 0. The summed E-state index contributed by atoms with van der Waals surface area (Å²) in [5, 5.41) is 0. The average Bonchev–Trinajstić information content (AvgIpc) is 2.39. The van der Waals surface area contributed by atoms with Crippen molar-refractivity contribution in [2.45, 2.75) is 13.8 Å². The lowest BCUT2D eigenvalue weighted by Crippen LogP contribution is -2.33. The lowest BCUT2D eigenvalue weighted by molar-refractivity contribution is -0.141. The Bertz CT molecular complexity index is 379. The molecule has 4 nitrogen and oxygen atoms in total. The van der Waals surface area contributed by atoms with Gasteiger partial charge < -0.3 is 9.47 Å². The summed E-state index contributed by atoms with van der Waals surface area (Å²) in [5.41, 5.74) is 1.12. The minimum Gasteiger partial charge on any atom is -0.492 e. The maximum Gasteiger partial charge on any atom is 0.319 e. The number of benzene rings is 1. The van der Waals surface area contributed by atoms with Crippen LogP contribution in [0.1, 0.15) is 12.5 Å². The van der Waals surface area contributed by atoms with Crippen LogP contribution in [0.5, 0.6) is 5.75 Å². The van der Waals surface area contributed by atoms with E-state index >= 15 is 0 Å².